The minimum atomic E-state index is -0.483. The Labute approximate surface area is 131 Å². The predicted molar refractivity (Wildman–Crippen MR) is 81.7 cm³/mol. The van der Waals surface area contributed by atoms with Crippen molar-refractivity contribution < 1.29 is 14.3 Å². The number of amides is 2. The number of hydrogen-bond donors (Lipinski definition) is 3. The van der Waals surface area contributed by atoms with Gasteiger partial charge in [-0.3, -0.25) is 4.79 Å². The predicted octanol–water partition coefficient (Wildman–Crippen LogP) is 1.18. The van der Waals surface area contributed by atoms with Crippen molar-refractivity contribution in [1.82, 2.24) is 16.0 Å². The molecule has 7 nitrogen and oxygen atoms in total. The minimum absolute atomic E-state index is 0.0432. The number of carbonyl (C=O) groups excluding carboxylic acids is 2. The number of nitrogens with one attached hydrogen (secondary N) is 3. The second-order valence-corrected chi connectivity index (χ2v) is 5.08. The number of ether oxygens (including phenoxy) is 1. The summed E-state index contributed by atoms with van der Waals surface area (Å²) >= 11 is 0. The number of alkyl carbamates (subject to hydrolysis) is 1. The molecule has 1 rings (SSSR count). The molecule has 0 atom stereocenters. The lowest BCUT2D eigenvalue weighted by Crippen LogP contribution is -2.37. The smallest absolute Gasteiger partial charge is 0.407 e. The number of rotatable bonds is 7. The standard InChI is InChI=1S/C15H24N4O3/c1-2-22-15(21)18-9-8-17-11-12(10-16)14(20)19-13-6-4-3-5-7-13/h11,13,17H,2-9H2,1H3,(H,18,21)(H,19,20)/b12-11-. The Hall–Kier alpha value is -2.23. The van der Waals surface area contributed by atoms with Gasteiger partial charge in [0.1, 0.15) is 11.6 Å². The van der Waals surface area contributed by atoms with Crippen LogP contribution in [0.15, 0.2) is 11.8 Å². The van der Waals surface area contributed by atoms with Crippen molar-refractivity contribution in [3.8, 4) is 6.07 Å². The van der Waals surface area contributed by atoms with Gasteiger partial charge in [-0.15, -0.1) is 0 Å². The van der Waals surface area contributed by atoms with Crippen LogP contribution in [0.5, 0.6) is 0 Å². The van der Waals surface area contributed by atoms with Gasteiger partial charge in [0, 0.05) is 25.3 Å². The van der Waals surface area contributed by atoms with Gasteiger partial charge in [0.15, 0.2) is 0 Å². The van der Waals surface area contributed by atoms with E-state index in [2.05, 4.69) is 16.0 Å². The molecule has 3 N–H and O–H groups in total. The van der Waals surface area contributed by atoms with Crippen molar-refractivity contribution >= 4 is 12.0 Å². The van der Waals surface area contributed by atoms with Gasteiger partial charge in [0.05, 0.1) is 6.61 Å². The average Bonchev–Trinajstić information content (AvgIpc) is 2.52. The molecular formula is C15H24N4O3. The summed E-state index contributed by atoms with van der Waals surface area (Å²) in [7, 11) is 0. The quantitative estimate of drug-likeness (QED) is 0.372. The van der Waals surface area contributed by atoms with Crippen molar-refractivity contribution in [2.75, 3.05) is 19.7 Å². The molecule has 0 aromatic rings. The third-order valence-corrected chi connectivity index (χ3v) is 3.37. The van der Waals surface area contributed by atoms with E-state index >= 15 is 0 Å². The highest BCUT2D eigenvalue weighted by Crippen LogP contribution is 2.17. The van der Waals surface area contributed by atoms with Gasteiger partial charge in [0.25, 0.3) is 5.91 Å². The summed E-state index contributed by atoms with van der Waals surface area (Å²) in [5.74, 6) is -0.347. The summed E-state index contributed by atoms with van der Waals surface area (Å²) in [6.45, 7) is 2.79. The van der Waals surface area contributed by atoms with Gasteiger partial charge in [-0.1, -0.05) is 19.3 Å². The molecule has 0 radical (unpaired) electrons. The molecule has 0 spiro atoms. The highest BCUT2D eigenvalue weighted by atomic mass is 16.5. The van der Waals surface area contributed by atoms with Gasteiger partial charge < -0.3 is 20.7 Å². The van der Waals surface area contributed by atoms with Crippen LogP contribution in [0.3, 0.4) is 0 Å². The maximum atomic E-state index is 12.0. The van der Waals surface area contributed by atoms with E-state index in [0.29, 0.717) is 19.7 Å². The maximum Gasteiger partial charge on any atom is 0.407 e. The Morgan fingerprint density at radius 2 is 2.00 bits per heavy atom. The van der Waals surface area contributed by atoms with Gasteiger partial charge in [-0.05, 0) is 19.8 Å². The van der Waals surface area contributed by atoms with E-state index in [0.717, 1.165) is 25.7 Å². The number of carbonyl (C=O) groups is 2. The lowest BCUT2D eigenvalue weighted by atomic mass is 9.95. The molecule has 0 unspecified atom stereocenters. The summed E-state index contributed by atoms with van der Waals surface area (Å²) < 4.78 is 4.70. The summed E-state index contributed by atoms with van der Waals surface area (Å²) in [6, 6.07) is 2.06. The first-order chi connectivity index (χ1) is 10.7. The fraction of sp³-hybridized carbons (Fsp3) is 0.667. The maximum absolute atomic E-state index is 12.0. The number of nitrogens with zero attached hydrogens (tertiary/aromatic N) is 1. The molecule has 1 fully saturated rings. The molecule has 0 heterocycles. The van der Waals surface area contributed by atoms with Crippen LogP contribution in [0.25, 0.3) is 0 Å². The van der Waals surface area contributed by atoms with E-state index in [1.807, 2.05) is 6.07 Å². The Bertz CT molecular complexity index is 437. The zero-order valence-corrected chi connectivity index (χ0v) is 13.0. The van der Waals surface area contributed by atoms with E-state index in [-0.39, 0.29) is 17.5 Å². The van der Waals surface area contributed by atoms with Crippen LogP contribution in [0, 0.1) is 11.3 Å². The van der Waals surface area contributed by atoms with Crippen LogP contribution in [-0.4, -0.2) is 37.7 Å². The number of nitriles is 1. The van der Waals surface area contributed by atoms with Crippen LogP contribution in [0.1, 0.15) is 39.0 Å². The monoisotopic (exact) mass is 308 g/mol. The molecule has 0 aromatic heterocycles. The van der Waals surface area contributed by atoms with Crippen molar-refractivity contribution in [2.24, 2.45) is 0 Å². The molecule has 0 aliphatic heterocycles. The van der Waals surface area contributed by atoms with Gasteiger partial charge >= 0.3 is 6.09 Å². The van der Waals surface area contributed by atoms with Gasteiger partial charge in [0.2, 0.25) is 0 Å². The van der Waals surface area contributed by atoms with E-state index in [1.54, 1.807) is 6.92 Å². The van der Waals surface area contributed by atoms with Crippen molar-refractivity contribution in [1.29, 1.82) is 5.26 Å². The second kappa shape index (κ2) is 10.5. The number of hydrogen-bond acceptors (Lipinski definition) is 5. The van der Waals surface area contributed by atoms with Crippen LogP contribution in [-0.2, 0) is 9.53 Å². The highest BCUT2D eigenvalue weighted by Gasteiger charge is 2.17. The molecule has 7 heteroatoms. The Morgan fingerprint density at radius 3 is 2.64 bits per heavy atom. The molecular weight excluding hydrogens is 284 g/mol. The molecule has 1 aliphatic rings. The average molecular weight is 308 g/mol. The first kappa shape index (κ1) is 17.8. The van der Waals surface area contributed by atoms with E-state index < -0.39 is 6.09 Å². The largest absolute Gasteiger partial charge is 0.450 e. The fourth-order valence-electron chi connectivity index (χ4n) is 2.25. The molecule has 0 bridgehead atoms. The Morgan fingerprint density at radius 1 is 1.27 bits per heavy atom. The molecule has 1 saturated carbocycles. The van der Waals surface area contributed by atoms with Crippen LogP contribution in [0.2, 0.25) is 0 Å². The zero-order valence-electron chi connectivity index (χ0n) is 13.0. The van der Waals surface area contributed by atoms with E-state index in [1.165, 1.54) is 12.6 Å². The second-order valence-electron chi connectivity index (χ2n) is 5.08. The highest BCUT2D eigenvalue weighted by molar-refractivity contribution is 5.97. The summed E-state index contributed by atoms with van der Waals surface area (Å²) in [5, 5.41) is 17.3. The SMILES string of the molecule is CCOC(=O)NCCN/C=C(/C#N)C(=O)NC1CCCCC1. The first-order valence-corrected chi connectivity index (χ1v) is 7.72. The third kappa shape index (κ3) is 6.97. The Balaban J connectivity index is 2.28. The third-order valence-electron chi connectivity index (χ3n) is 3.37. The lowest BCUT2D eigenvalue weighted by molar-refractivity contribution is -0.118. The summed E-state index contributed by atoms with van der Waals surface area (Å²) in [5.41, 5.74) is 0.0432. The van der Waals surface area contributed by atoms with Gasteiger partial charge in [-0.2, -0.15) is 5.26 Å². The van der Waals surface area contributed by atoms with E-state index in [9.17, 15) is 9.59 Å². The van der Waals surface area contributed by atoms with Crippen LogP contribution < -0.4 is 16.0 Å². The Kier molecular flexibility index (Phi) is 8.50. The molecule has 0 aromatic carbocycles. The summed E-state index contributed by atoms with van der Waals surface area (Å²) in [4.78, 5) is 23.0. The van der Waals surface area contributed by atoms with Crippen LogP contribution in [0.4, 0.5) is 4.79 Å². The van der Waals surface area contributed by atoms with Gasteiger partial charge in [-0.25, -0.2) is 4.79 Å². The topological polar surface area (TPSA) is 103 Å². The van der Waals surface area contributed by atoms with Crippen molar-refractivity contribution in [2.45, 2.75) is 45.1 Å². The van der Waals surface area contributed by atoms with Crippen LogP contribution >= 0.6 is 0 Å². The normalized spacial score (nSPS) is 15.5. The molecule has 122 valence electrons. The van der Waals surface area contributed by atoms with E-state index in [4.69, 9.17) is 10.00 Å². The fourth-order valence-corrected chi connectivity index (χ4v) is 2.25. The lowest BCUT2D eigenvalue weighted by Gasteiger charge is -2.22. The molecule has 0 saturated heterocycles. The van der Waals surface area contributed by atoms with Crippen molar-refractivity contribution in [3.63, 3.8) is 0 Å². The van der Waals surface area contributed by atoms with Crippen molar-refractivity contribution in [3.05, 3.63) is 11.8 Å². The minimum Gasteiger partial charge on any atom is -0.450 e. The summed E-state index contributed by atoms with van der Waals surface area (Å²) in [6.07, 6.45) is 6.29. The molecule has 22 heavy (non-hydrogen) atoms. The zero-order chi connectivity index (χ0) is 16.2. The first-order valence-electron chi connectivity index (χ1n) is 7.72. The molecule has 1 aliphatic carbocycles. The molecule has 2 amide bonds.